The van der Waals surface area contributed by atoms with E-state index >= 15 is 0 Å². The van der Waals surface area contributed by atoms with Crippen LogP contribution >= 0.6 is 11.3 Å². The Balaban J connectivity index is 1.96. The van der Waals surface area contributed by atoms with Gasteiger partial charge in [-0.2, -0.15) is 0 Å². The van der Waals surface area contributed by atoms with Crippen LogP contribution in [0.5, 0.6) is 0 Å². The zero-order chi connectivity index (χ0) is 14.7. The van der Waals surface area contributed by atoms with Crippen LogP contribution in [-0.2, 0) is 17.8 Å². The summed E-state index contributed by atoms with van der Waals surface area (Å²) in [5.41, 5.74) is 1.19. The average Bonchev–Trinajstić information content (AvgIpc) is 3.01. The predicted octanol–water partition coefficient (Wildman–Crippen LogP) is 1.04. The number of rotatable bonds is 4. The van der Waals surface area contributed by atoms with Crippen molar-refractivity contribution >= 4 is 23.3 Å². The zero-order valence-electron chi connectivity index (χ0n) is 11.2. The molecule has 0 unspecified atom stereocenters. The summed E-state index contributed by atoms with van der Waals surface area (Å²) in [7, 11) is 0. The molecule has 0 spiro atoms. The van der Waals surface area contributed by atoms with Crippen molar-refractivity contribution in [2.75, 3.05) is 6.54 Å². The molecule has 3 N–H and O–H groups in total. The summed E-state index contributed by atoms with van der Waals surface area (Å²) < 4.78 is 0. The van der Waals surface area contributed by atoms with E-state index in [0.717, 1.165) is 11.3 Å². The molecule has 1 fully saturated rings. The van der Waals surface area contributed by atoms with E-state index in [-0.39, 0.29) is 13.0 Å². The van der Waals surface area contributed by atoms with Crippen molar-refractivity contribution in [1.82, 2.24) is 10.2 Å². The lowest BCUT2D eigenvalue weighted by atomic mass is 10.2. The Labute approximate surface area is 121 Å². The molecular weight excluding hydrogens is 280 g/mol. The minimum atomic E-state index is -1.08. The van der Waals surface area contributed by atoms with Crippen LogP contribution in [0.1, 0.15) is 23.8 Å². The van der Waals surface area contributed by atoms with Crippen molar-refractivity contribution in [3.63, 3.8) is 0 Å². The molecule has 1 saturated heterocycles. The van der Waals surface area contributed by atoms with Gasteiger partial charge in [-0.25, -0.2) is 9.59 Å². The van der Waals surface area contributed by atoms with Crippen molar-refractivity contribution < 1.29 is 19.8 Å². The summed E-state index contributed by atoms with van der Waals surface area (Å²) >= 11 is 1.57. The van der Waals surface area contributed by atoms with E-state index in [0.29, 0.717) is 6.54 Å². The second-order valence-corrected chi connectivity index (χ2v) is 5.78. The average molecular weight is 298 g/mol. The van der Waals surface area contributed by atoms with Gasteiger partial charge in [-0.15, -0.1) is 11.3 Å². The first-order chi connectivity index (χ1) is 9.52. The minimum absolute atomic E-state index is 0.0634. The van der Waals surface area contributed by atoms with E-state index < -0.39 is 24.1 Å². The van der Waals surface area contributed by atoms with Crippen LogP contribution in [0.4, 0.5) is 4.79 Å². The van der Waals surface area contributed by atoms with Gasteiger partial charge in [0.05, 0.1) is 12.6 Å². The summed E-state index contributed by atoms with van der Waals surface area (Å²) in [5.74, 6) is -1.08. The SMILES string of the molecule is CCc1ccsc1CNC(=O)N1C[C@H](O)C[C@@H]1C(=O)O. The molecule has 20 heavy (non-hydrogen) atoms. The van der Waals surface area contributed by atoms with Gasteiger partial charge in [-0.1, -0.05) is 6.92 Å². The number of β-amino-alcohol motifs (C(OH)–C–C–N with tert-alkyl or cyclic N) is 1. The number of aliphatic hydroxyl groups is 1. The van der Waals surface area contributed by atoms with E-state index in [9.17, 15) is 14.7 Å². The molecule has 1 aromatic rings. The van der Waals surface area contributed by atoms with E-state index in [2.05, 4.69) is 5.32 Å². The molecule has 1 aliphatic rings. The Morgan fingerprint density at radius 3 is 2.95 bits per heavy atom. The molecule has 110 valence electrons. The highest BCUT2D eigenvalue weighted by Crippen LogP contribution is 2.20. The number of nitrogens with one attached hydrogen (secondary N) is 1. The number of likely N-dealkylation sites (tertiary alicyclic amines) is 1. The Kier molecular flexibility index (Phi) is 4.61. The lowest BCUT2D eigenvalue weighted by Gasteiger charge is -2.21. The van der Waals surface area contributed by atoms with Gasteiger partial charge in [0.2, 0.25) is 0 Å². The van der Waals surface area contributed by atoms with Crippen molar-refractivity contribution in [2.24, 2.45) is 0 Å². The highest BCUT2D eigenvalue weighted by molar-refractivity contribution is 7.10. The number of aryl methyl sites for hydroxylation is 1. The fourth-order valence-electron chi connectivity index (χ4n) is 2.37. The van der Waals surface area contributed by atoms with E-state index in [1.807, 2.05) is 18.4 Å². The Morgan fingerprint density at radius 1 is 1.55 bits per heavy atom. The van der Waals surface area contributed by atoms with Gasteiger partial charge in [0.15, 0.2) is 0 Å². The molecule has 1 aliphatic heterocycles. The summed E-state index contributed by atoms with van der Waals surface area (Å²) in [6, 6.07) is 0.634. The lowest BCUT2D eigenvalue weighted by molar-refractivity contribution is -0.141. The number of aliphatic carboxylic acids is 1. The third-order valence-corrected chi connectivity index (χ3v) is 4.41. The Bertz CT molecular complexity index is 502. The molecular formula is C13H18N2O4S. The van der Waals surface area contributed by atoms with Gasteiger partial charge in [0, 0.05) is 17.8 Å². The summed E-state index contributed by atoms with van der Waals surface area (Å²) in [4.78, 5) is 25.4. The van der Waals surface area contributed by atoms with Gasteiger partial charge in [-0.3, -0.25) is 0 Å². The molecule has 2 atom stereocenters. The summed E-state index contributed by atoms with van der Waals surface area (Å²) in [6.45, 7) is 2.50. The molecule has 1 aromatic heterocycles. The zero-order valence-corrected chi connectivity index (χ0v) is 12.0. The van der Waals surface area contributed by atoms with Crippen molar-refractivity contribution in [1.29, 1.82) is 0 Å². The number of aliphatic hydroxyl groups excluding tert-OH is 1. The van der Waals surface area contributed by atoms with Crippen LogP contribution in [0.3, 0.4) is 0 Å². The van der Waals surface area contributed by atoms with Gasteiger partial charge >= 0.3 is 12.0 Å². The third-order valence-electron chi connectivity index (χ3n) is 3.44. The molecule has 0 aromatic carbocycles. The number of carbonyl (C=O) groups is 2. The standard InChI is InChI=1S/C13H18N2O4S/c1-2-8-3-4-20-11(8)6-14-13(19)15-7-9(16)5-10(15)12(17)18/h3-4,9-10,16H,2,5-7H2,1H3,(H,14,19)(H,17,18)/t9-,10-/m1/s1. The smallest absolute Gasteiger partial charge is 0.326 e. The van der Waals surface area contributed by atoms with Gasteiger partial charge < -0.3 is 20.4 Å². The maximum atomic E-state index is 12.0. The summed E-state index contributed by atoms with van der Waals surface area (Å²) in [5, 5.41) is 23.3. The number of amides is 2. The number of thiophene rings is 1. The Hall–Kier alpha value is -1.60. The molecule has 0 aliphatic carbocycles. The fourth-order valence-corrected chi connectivity index (χ4v) is 3.28. The summed E-state index contributed by atoms with van der Waals surface area (Å²) in [6.07, 6.45) is 0.214. The number of urea groups is 1. The molecule has 0 radical (unpaired) electrons. The van der Waals surface area contributed by atoms with Gasteiger partial charge in [-0.05, 0) is 23.4 Å². The quantitative estimate of drug-likeness (QED) is 0.775. The van der Waals surface area contributed by atoms with Crippen molar-refractivity contribution in [2.45, 2.75) is 38.5 Å². The maximum absolute atomic E-state index is 12.0. The second-order valence-electron chi connectivity index (χ2n) is 4.78. The lowest BCUT2D eigenvalue weighted by Crippen LogP contribution is -2.45. The van der Waals surface area contributed by atoms with Crippen LogP contribution in [-0.4, -0.2) is 45.8 Å². The highest BCUT2D eigenvalue weighted by Gasteiger charge is 2.38. The largest absolute Gasteiger partial charge is 0.480 e. The molecule has 7 heteroatoms. The first-order valence-electron chi connectivity index (χ1n) is 6.53. The number of hydrogen-bond donors (Lipinski definition) is 3. The maximum Gasteiger partial charge on any atom is 0.326 e. The predicted molar refractivity (Wildman–Crippen MR) is 74.7 cm³/mol. The molecule has 2 rings (SSSR count). The number of nitrogens with zero attached hydrogens (tertiary/aromatic N) is 1. The first kappa shape index (κ1) is 14.8. The number of hydrogen-bond acceptors (Lipinski definition) is 4. The first-order valence-corrected chi connectivity index (χ1v) is 7.41. The Morgan fingerprint density at radius 2 is 2.30 bits per heavy atom. The van der Waals surface area contributed by atoms with Crippen LogP contribution in [0.25, 0.3) is 0 Å². The fraction of sp³-hybridized carbons (Fsp3) is 0.538. The molecule has 2 heterocycles. The van der Waals surface area contributed by atoms with Crippen LogP contribution in [0, 0.1) is 0 Å². The van der Waals surface area contributed by atoms with E-state index in [4.69, 9.17) is 5.11 Å². The van der Waals surface area contributed by atoms with Gasteiger partial charge in [0.25, 0.3) is 0 Å². The third kappa shape index (κ3) is 3.10. The topological polar surface area (TPSA) is 89.9 Å². The van der Waals surface area contributed by atoms with Crippen LogP contribution in [0.15, 0.2) is 11.4 Å². The minimum Gasteiger partial charge on any atom is -0.480 e. The van der Waals surface area contributed by atoms with Crippen molar-refractivity contribution in [3.8, 4) is 0 Å². The highest BCUT2D eigenvalue weighted by atomic mass is 32.1. The molecule has 2 amide bonds. The number of carboxylic acid groups (broad SMARTS) is 1. The van der Waals surface area contributed by atoms with Crippen molar-refractivity contribution in [3.05, 3.63) is 21.9 Å². The number of carboxylic acids is 1. The van der Waals surface area contributed by atoms with Crippen LogP contribution in [0.2, 0.25) is 0 Å². The van der Waals surface area contributed by atoms with E-state index in [1.54, 1.807) is 11.3 Å². The van der Waals surface area contributed by atoms with Crippen LogP contribution < -0.4 is 5.32 Å². The molecule has 0 saturated carbocycles. The van der Waals surface area contributed by atoms with E-state index in [1.165, 1.54) is 10.5 Å². The normalized spacial score (nSPS) is 22.0. The molecule has 6 nitrogen and oxygen atoms in total. The molecule has 0 bridgehead atoms. The monoisotopic (exact) mass is 298 g/mol. The second kappa shape index (κ2) is 6.23. The number of carbonyl (C=O) groups excluding carboxylic acids is 1. The van der Waals surface area contributed by atoms with Gasteiger partial charge in [0.1, 0.15) is 6.04 Å².